The van der Waals surface area contributed by atoms with Crippen LogP contribution in [0.15, 0.2) is 6.20 Å². The topological polar surface area (TPSA) is 84.2 Å². The molecule has 1 saturated heterocycles. The summed E-state index contributed by atoms with van der Waals surface area (Å²) in [6.45, 7) is 7.03. The van der Waals surface area contributed by atoms with Crippen molar-refractivity contribution in [1.82, 2.24) is 15.1 Å². The first-order chi connectivity index (χ1) is 8.87. The number of aromatic amines is 1. The Morgan fingerprint density at radius 1 is 1.47 bits per heavy atom. The first kappa shape index (κ1) is 13.7. The number of H-pyrrole nitrogens is 1. The van der Waals surface area contributed by atoms with Gasteiger partial charge in [-0.1, -0.05) is 0 Å². The molecule has 19 heavy (non-hydrogen) atoms. The summed E-state index contributed by atoms with van der Waals surface area (Å²) in [5.41, 5.74) is 6.44. The number of carbonyl (C=O) groups is 1. The van der Waals surface area contributed by atoms with E-state index in [2.05, 4.69) is 10.2 Å². The fourth-order valence-corrected chi connectivity index (χ4v) is 2.33. The molecule has 0 unspecified atom stereocenters. The van der Waals surface area contributed by atoms with Crippen molar-refractivity contribution in [1.29, 1.82) is 0 Å². The van der Waals surface area contributed by atoms with E-state index in [9.17, 15) is 4.79 Å². The number of piperidine rings is 1. The van der Waals surface area contributed by atoms with Gasteiger partial charge in [0.2, 0.25) is 0 Å². The summed E-state index contributed by atoms with van der Waals surface area (Å²) in [7, 11) is 0. The van der Waals surface area contributed by atoms with Gasteiger partial charge in [0.1, 0.15) is 11.4 Å². The van der Waals surface area contributed by atoms with E-state index in [1.807, 2.05) is 20.8 Å². The van der Waals surface area contributed by atoms with Gasteiger partial charge in [0.25, 0.3) is 0 Å². The molecule has 0 atom stereocenters. The molecule has 1 fully saturated rings. The number of likely N-dealkylation sites (tertiary alicyclic amines) is 1. The highest BCUT2D eigenvalue weighted by Gasteiger charge is 2.28. The van der Waals surface area contributed by atoms with Crippen molar-refractivity contribution in [3.8, 4) is 0 Å². The van der Waals surface area contributed by atoms with Gasteiger partial charge in [0.05, 0.1) is 6.20 Å². The summed E-state index contributed by atoms with van der Waals surface area (Å²) in [5, 5.41) is 6.70. The van der Waals surface area contributed by atoms with E-state index < -0.39 is 5.60 Å². The second-order valence-corrected chi connectivity index (χ2v) is 5.98. The zero-order chi connectivity index (χ0) is 14.0. The van der Waals surface area contributed by atoms with Crippen molar-refractivity contribution in [2.24, 2.45) is 0 Å². The third kappa shape index (κ3) is 3.39. The summed E-state index contributed by atoms with van der Waals surface area (Å²) in [5.74, 6) is 1.01. The predicted molar refractivity (Wildman–Crippen MR) is 72.8 cm³/mol. The van der Waals surface area contributed by atoms with Gasteiger partial charge in [-0.25, -0.2) is 4.79 Å². The van der Waals surface area contributed by atoms with Crippen molar-refractivity contribution < 1.29 is 9.53 Å². The van der Waals surface area contributed by atoms with E-state index in [-0.39, 0.29) is 6.09 Å². The quantitative estimate of drug-likeness (QED) is 0.815. The maximum atomic E-state index is 11.9. The number of hydrogen-bond donors (Lipinski definition) is 2. The van der Waals surface area contributed by atoms with Gasteiger partial charge in [-0.3, -0.25) is 5.10 Å². The molecule has 3 N–H and O–H groups in total. The first-order valence-corrected chi connectivity index (χ1v) is 6.63. The van der Waals surface area contributed by atoms with Crippen molar-refractivity contribution in [2.75, 3.05) is 18.8 Å². The molecule has 6 heteroatoms. The Bertz CT molecular complexity index is 442. The van der Waals surface area contributed by atoms with E-state index in [0.29, 0.717) is 24.8 Å². The normalized spacial score (nSPS) is 17.5. The van der Waals surface area contributed by atoms with Crippen LogP contribution in [0.25, 0.3) is 0 Å². The second-order valence-electron chi connectivity index (χ2n) is 5.98. The molecule has 1 aliphatic heterocycles. The molecule has 2 heterocycles. The number of carbonyl (C=O) groups excluding carboxylic acids is 1. The standard InChI is InChI=1S/C13H22N4O2/c1-13(2,3)19-12(18)17-6-4-9(5-7-17)10-8-15-16-11(10)14/h8-9H,4-7H2,1-3H3,(H3,14,15,16). The average molecular weight is 266 g/mol. The van der Waals surface area contributed by atoms with Crippen LogP contribution < -0.4 is 5.73 Å². The van der Waals surface area contributed by atoms with E-state index >= 15 is 0 Å². The fraction of sp³-hybridized carbons (Fsp3) is 0.692. The van der Waals surface area contributed by atoms with Crippen LogP contribution in [0.3, 0.4) is 0 Å². The molecule has 106 valence electrons. The molecule has 0 aromatic carbocycles. The number of rotatable bonds is 1. The van der Waals surface area contributed by atoms with Crippen molar-refractivity contribution in [2.45, 2.75) is 45.1 Å². The molecule has 0 spiro atoms. The summed E-state index contributed by atoms with van der Waals surface area (Å²) >= 11 is 0. The summed E-state index contributed by atoms with van der Waals surface area (Å²) < 4.78 is 5.37. The third-order valence-corrected chi connectivity index (χ3v) is 3.29. The zero-order valence-electron chi connectivity index (χ0n) is 11.8. The number of aromatic nitrogens is 2. The highest BCUT2D eigenvalue weighted by atomic mass is 16.6. The Kier molecular flexibility index (Phi) is 3.68. The van der Waals surface area contributed by atoms with E-state index in [1.165, 1.54) is 0 Å². The molecule has 1 aromatic rings. The Balaban J connectivity index is 1.89. The van der Waals surface area contributed by atoms with Gasteiger partial charge in [-0.15, -0.1) is 0 Å². The van der Waals surface area contributed by atoms with Crippen LogP contribution in [0.1, 0.15) is 45.1 Å². The molecule has 1 aliphatic rings. The van der Waals surface area contributed by atoms with Gasteiger partial charge >= 0.3 is 6.09 Å². The number of nitrogens with two attached hydrogens (primary N) is 1. The van der Waals surface area contributed by atoms with Crippen molar-refractivity contribution in [3.63, 3.8) is 0 Å². The molecule has 0 saturated carbocycles. The highest BCUT2D eigenvalue weighted by molar-refractivity contribution is 5.68. The molecule has 0 aliphatic carbocycles. The Hall–Kier alpha value is -1.72. The number of nitrogens with one attached hydrogen (secondary N) is 1. The molecule has 1 aromatic heterocycles. The lowest BCUT2D eigenvalue weighted by Crippen LogP contribution is -2.41. The van der Waals surface area contributed by atoms with E-state index in [1.54, 1.807) is 11.1 Å². The number of ether oxygens (including phenoxy) is 1. The average Bonchev–Trinajstić information content (AvgIpc) is 2.73. The van der Waals surface area contributed by atoms with E-state index in [0.717, 1.165) is 18.4 Å². The SMILES string of the molecule is CC(C)(C)OC(=O)N1CCC(c2cn[nH]c2N)CC1. The highest BCUT2D eigenvalue weighted by Crippen LogP contribution is 2.30. The van der Waals surface area contributed by atoms with Gasteiger partial charge in [-0.05, 0) is 39.5 Å². The van der Waals surface area contributed by atoms with Crippen LogP contribution in [0.5, 0.6) is 0 Å². The Morgan fingerprint density at radius 3 is 2.58 bits per heavy atom. The third-order valence-electron chi connectivity index (χ3n) is 3.29. The van der Waals surface area contributed by atoms with Crippen molar-refractivity contribution in [3.05, 3.63) is 11.8 Å². The van der Waals surface area contributed by atoms with Crippen molar-refractivity contribution >= 4 is 11.9 Å². The Labute approximate surface area is 113 Å². The van der Waals surface area contributed by atoms with Gasteiger partial charge < -0.3 is 15.4 Å². The zero-order valence-corrected chi connectivity index (χ0v) is 11.8. The van der Waals surface area contributed by atoms with Crippen LogP contribution in [0, 0.1) is 0 Å². The predicted octanol–water partition coefficient (Wildman–Crippen LogP) is 2.11. The number of anilines is 1. The molecule has 1 amide bonds. The largest absolute Gasteiger partial charge is 0.444 e. The molecule has 2 rings (SSSR count). The van der Waals surface area contributed by atoms with Crippen LogP contribution in [0.2, 0.25) is 0 Å². The van der Waals surface area contributed by atoms with Crippen LogP contribution >= 0.6 is 0 Å². The maximum absolute atomic E-state index is 11.9. The summed E-state index contributed by atoms with van der Waals surface area (Å²) in [6.07, 6.45) is 3.33. The van der Waals surface area contributed by atoms with Crippen LogP contribution in [-0.2, 0) is 4.74 Å². The minimum Gasteiger partial charge on any atom is -0.444 e. The lowest BCUT2D eigenvalue weighted by Gasteiger charge is -2.33. The number of hydrogen-bond acceptors (Lipinski definition) is 4. The van der Waals surface area contributed by atoms with E-state index in [4.69, 9.17) is 10.5 Å². The van der Waals surface area contributed by atoms with Gasteiger partial charge in [-0.2, -0.15) is 5.10 Å². The monoisotopic (exact) mass is 266 g/mol. The molecule has 0 radical (unpaired) electrons. The second kappa shape index (κ2) is 5.11. The maximum Gasteiger partial charge on any atom is 0.410 e. The number of amides is 1. The minimum atomic E-state index is -0.442. The summed E-state index contributed by atoms with van der Waals surface area (Å²) in [4.78, 5) is 13.7. The van der Waals surface area contributed by atoms with Gasteiger partial charge in [0, 0.05) is 18.7 Å². The lowest BCUT2D eigenvalue weighted by atomic mass is 9.91. The molecular formula is C13H22N4O2. The molecule has 6 nitrogen and oxygen atoms in total. The first-order valence-electron chi connectivity index (χ1n) is 6.63. The lowest BCUT2D eigenvalue weighted by molar-refractivity contribution is 0.0205. The number of nitrogens with zero attached hydrogens (tertiary/aromatic N) is 2. The summed E-state index contributed by atoms with van der Waals surface area (Å²) in [6, 6.07) is 0. The molecular weight excluding hydrogens is 244 g/mol. The van der Waals surface area contributed by atoms with Gasteiger partial charge in [0.15, 0.2) is 0 Å². The van der Waals surface area contributed by atoms with Crippen LogP contribution in [-0.4, -0.2) is 39.9 Å². The Morgan fingerprint density at radius 2 is 2.11 bits per heavy atom. The minimum absolute atomic E-state index is 0.230. The van der Waals surface area contributed by atoms with Crippen LogP contribution in [0.4, 0.5) is 10.6 Å². The smallest absolute Gasteiger partial charge is 0.410 e. The number of nitrogen functional groups attached to an aromatic ring is 1. The molecule has 0 bridgehead atoms. The fourth-order valence-electron chi connectivity index (χ4n) is 2.33.